The minimum absolute atomic E-state index is 0.0545. The first-order valence-corrected chi connectivity index (χ1v) is 7.84. The van der Waals surface area contributed by atoms with Crippen LogP contribution in [0, 0.1) is 5.92 Å². The van der Waals surface area contributed by atoms with Gasteiger partial charge < -0.3 is 10.4 Å². The molecule has 3 unspecified atom stereocenters. The van der Waals surface area contributed by atoms with Crippen molar-refractivity contribution in [3.63, 3.8) is 0 Å². The molecule has 0 radical (unpaired) electrons. The summed E-state index contributed by atoms with van der Waals surface area (Å²) in [5, 5.41) is 12.9. The van der Waals surface area contributed by atoms with Crippen molar-refractivity contribution < 1.29 is 9.90 Å². The van der Waals surface area contributed by atoms with Crippen molar-refractivity contribution in [3.8, 4) is 0 Å². The first kappa shape index (κ1) is 16.0. The van der Waals surface area contributed by atoms with Gasteiger partial charge >= 0.3 is 0 Å². The summed E-state index contributed by atoms with van der Waals surface area (Å²) in [4.78, 5) is 14.1. The highest BCUT2D eigenvalue weighted by atomic mass is 16.3. The highest BCUT2D eigenvalue weighted by Gasteiger charge is 2.31. The van der Waals surface area contributed by atoms with Gasteiger partial charge in [-0.2, -0.15) is 0 Å². The van der Waals surface area contributed by atoms with Crippen molar-refractivity contribution >= 4 is 5.91 Å². The van der Waals surface area contributed by atoms with Crippen LogP contribution in [0.5, 0.6) is 0 Å². The van der Waals surface area contributed by atoms with Crippen LogP contribution in [0.4, 0.5) is 0 Å². The van der Waals surface area contributed by atoms with E-state index >= 15 is 0 Å². The second-order valence-corrected chi connectivity index (χ2v) is 6.01. The summed E-state index contributed by atoms with van der Waals surface area (Å²) in [6.45, 7) is 6.08. The first-order chi connectivity index (χ1) is 10.1. The van der Waals surface area contributed by atoms with E-state index in [2.05, 4.69) is 22.3 Å². The maximum absolute atomic E-state index is 11.9. The van der Waals surface area contributed by atoms with Crippen LogP contribution < -0.4 is 5.32 Å². The van der Waals surface area contributed by atoms with Gasteiger partial charge in [0.25, 0.3) is 0 Å². The van der Waals surface area contributed by atoms with E-state index in [9.17, 15) is 9.90 Å². The summed E-state index contributed by atoms with van der Waals surface area (Å²) in [5.41, 5.74) is 1.24. The van der Waals surface area contributed by atoms with Gasteiger partial charge in [0, 0.05) is 31.6 Å². The fraction of sp³-hybridized carbons (Fsp3) is 0.588. The van der Waals surface area contributed by atoms with Crippen LogP contribution in [0.3, 0.4) is 0 Å². The minimum atomic E-state index is -0.292. The molecule has 1 aromatic rings. The van der Waals surface area contributed by atoms with Crippen LogP contribution in [0.1, 0.15) is 32.3 Å². The molecule has 1 aromatic carbocycles. The number of rotatable bonds is 6. The van der Waals surface area contributed by atoms with Crippen molar-refractivity contribution in [2.24, 2.45) is 5.92 Å². The highest BCUT2D eigenvalue weighted by molar-refractivity contribution is 5.78. The van der Waals surface area contributed by atoms with Crippen molar-refractivity contribution in [1.82, 2.24) is 10.2 Å². The smallest absolute Gasteiger partial charge is 0.222 e. The van der Waals surface area contributed by atoms with Crippen molar-refractivity contribution in [2.75, 3.05) is 13.1 Å². The molecular weight excluding hydrogens is 264 g/mol. The van der Waals surface area contributed by atoms with Gasteiger partial charge in [-0.15, -0.1) is 0 Å². The third-order valence-corrected chi connectivity index (χ3v) is 4.31. The SMILES string of the molecule is CCC(C)C(=O)NCC1CC(O)CN1Cc1ccccc1. The maximum Gasteiger partial charge on any atom is 0.222 e. The zero-order chi connectivity index (χ0) is 15.2. The largest absolute Gasteiger partial charge is 0.392 e. The average molecular weight is 290 g/mol. The summed E-state index contributed by atoms with van der Waals surface area (Å²) in [6.07, 6.45) is 1.29. The van der Waals surface area contributed by atoms with Crippen molar-refractivity contribution in [3.05, 3.63) is 35.9 Å². The number of hydrogen-bond donors (Lipinski definition) is 2. The molecule has 1 saturated heterocycles. The molecule has 2 N–H and O–H groups in total. The Hall–Kier alpha value is -1.39. The fourth-order valence-electron chi connectivity index (χ4n) is 2.76. The molecule has 4 heteroatoms. The molecule has 1 amide bonds. The van der Waals surface area contributed by atoms with E-state index < -0.39 is 0 Å². The Kier molecular flexibility index (Phi) is 5.76. The molecule has 21 heavy (non-hydrogen) atoms. The Morgan fingerprint density at radius 3 is 2.81 bits per heavy atom. The Balaban J connectivity index is 1.89. The van der Waals surface area contributed by atoms with E-state index in [0.717, 1.165) is 19.4 Å². The molecule has 1 heterocycles. The zero-order valence-electron chi connectivity index (χ0n) is 13.0. The topological polar surface area (TPSA) is 52.6 Å². The number of benzene rings is 1. The first-order valence-electron chi connectivity index (χ1n) is 7.84. The van der Waals surface area contributed by atoms with Gasteiger partial charge in [0.15, 0.2) is 0 Å². The van der Waals surface area contributed by atoms with Crippen LogP contribution in [0.2, 0.25) is 0 Å². The third kappa shape index (κ3) is 4.55. The molecule has 0 saturated carbocycles. The standard InChI is InChI=1S/C17H26N2O2/c1-3-13(2)17(21)18-10-15-9-16(20)12-19(15)11-14-7-5-4-6-8-14/h4-8,13,15-16,20H,3,9-12H2,1-2H3,(H,18,21). The van der Waals surface area contributed by atoms with Gasteiger partial charge in [-0.3, -0.25) is 9.69 Å². The lowest BCUT2D eigenvalue weighted by atomic mass is 10.1. The van der Waals surface area contributed by atoms with Gasteiger partial charge in [-0.25, -0.2) is 0 Å². The second kappa shape index (κ2) is 7.57. The highest BCUT2D eigenvalue weighted by Crippen LogP contribution is 2.20. The average Bonchev–Trinajstić information content (AvgIpc) is 2.84. The van der Waals surface area contributed by atoms with Crippen molar-refractivity contribution in [2.45, 2.75) is 45.4 Å². The summed E-state index contributed by atoms with van der Waals surface area (Å²) in [6, 6.07) is 10.5. The summed E-state index contributed by atoms with van der Waals surface area (Å²) >= 11 is 0. The normalized spacial score (nSPS) is 24.0. The van der Waals surface area contributed by atoms with E-state index in [1.54, 1.807) is 0 Å². The van der Waals surface area contributed by atoms with Gasteiger partial charge in [0.2, 0.25) is 5.91 Å². The number of likely N-dealkylation sites (tertiary alicyclic amines) is 1. The number of nitrogens with zero attached hydrogens (tertiary/aromatic N) is 1. The predicted octanol–water partition coefficient (Wildman–Crippen LogP) is 1.78. The number of β-amino-alcohol motifs (C(OH)–C–C–N with tert-alkyl or cyclic N) is 1. The van der Waals surface area contributed by atoms with Crippen LogP contribution in [0.15, 0.2) is 30.3 Å². The fourth-order valence-corrected chi connectivity index (χ4v) is 2.76. The molecule has 0 spiro atoms. The minimum Gasteiger partial charge on any atom is -0.392 e. The lowest BCUT2D eigenvalue weighted by Gasteiger charge is -2.25. The Labute approximate surface area is 127 Å². The molecule has 0 aromatic heterocycles. The van der Waals surface area contributed by atoms with Crippen LogP contribution in [-0.4, -0.2) is 41.1 Å². The number of aliphatic hydroxyl groups excluding tert-OH is 1. The molecule has 2 rings (SSSR count). The number of carbonyl (C=O) groups is 1. The third-order valence-electron chi connectivity index (χ3n) is 4.31. The number of hydrogen-bond acceptors (Lipinski definition) is 3. The van der Waals surface area contributed by atoms with E-state index in [1.165, 1.54) is 5.56 Å². The molecule has 116 valence electrons. The zero-order valence-corrected chi connectivity index (χ0v) is 13.0. The Bertz CT molecular complexity index is 449. The number of carbonyl (C=O) groups excluding carboxylic acids is 1. The summed E-state index contributed by atoms with van der Waals surface area (Å²) < 4.78 is 0. The van der Waals surface area contributed by atoms with E-state index in [4.69, 9.17) is 0 Å². The molecule has 3 atom stereocenters. The molecule has 4 nitrogen and oxygen atoms in total. The maximum atomic E-state index is 11.9. The molecule has 0 bridgehead atoms. The Morgan fingerprint density at radius 1 is 1.43 bits per heavy atom. The van der Waals surface area contributed by atoms with E-state index in [0.29, 0.717) is 13.1 Å². The number of aliphatic hydroxyl groups is 1. The van der Waals surface area contributed by atoms with Crippen molar-refractivity contribution in [1.29, 1.82) is 0 Å². The van der Waals surface area contributed by atoms with Gasteiger partial charge in [0.1, 0.15) is 0 Å². The van der Waals surface area contributed by atoms with Gasteiger partial charge in [0.05, 0.1) is 6.10 Å². The summed E-state index contributed by atoms with van der Waals surface area (Å²) in [7, 11) is 0. The predicted molar refractivity (Wildman–Crippen MR) is 83.7 cm³/mol. The van der Waals surface area contributed by atoms with E-state index in [1.807, 2.05) is 32.0 Å². The van der Waals surface area contributed by atoms with Crippen LogP contribution in [-0.2, 0) is 11.3 Å². The molecule has 1 fully saturated rings. The molecule has 0 aliphatic carbocycles. The number of nitrogens with one attached hydrogen (secondary N) is 1. The van der Waals surface area contributed by atoms with Gasteiger partial charge in [-0.05, 0) is 18.4 Å². The molecule has 1 aliphatic rings. The second-order valence-electron chi connectivity index (χ2n) is 6.01. The molecule has 1 aliphatic heterocycles. The lowest BCUT2D eigenvalue weighted by Crippen LogP contribution is -2.41. The Morgan fingerprint density at radius 2 is 2.14 bits per heavy atom. The van der Waals surface area contributed by atoms with Gasteiger partial charge in [-0.1, -0.05) is 44.2 Å². The van der Waals surface area contributed by atoms with Crippen LogP contribution >= 0.6 is 0 Å². The lowest BCUT2D eigenvalue weighted by molar-refractivity contribution is -0.124. The molecular formula is C17H26N2O2. The van der Waals surface area contributed by atoms with Crippen LogP contribution in [0.25, 0.3) is 0 Å². The summed E-state index contributed by atoms with van der Waals surface area (Å²) in [5.74, 6) is 0.164. The number of amides is 1. The quantitative estimate of drug-likeness (QED) is 0.840. The van der Waals surface area contributed by atoms with E-state index in [-0.39, 0.29) is 24.0 Å². The monoisotopic (exact) mass is 290 g/mol.